The molecule has 172 valence electrons. The van der Waals surface area contributed by atoms with Gasteiger partial charge in [-0.2, -0.15) is 0 Å². The molecule has 0 spiro atoms. The van der Waals surface area contributed by atoms with Gasteiger partial charge in [-0.3, -0.25) is 24.2 Å². The van der Waals surface area contributed by atoms with Crippen molar-refractivity contribution in [2.75, 3.05) is 31.1 Å². The van der Waals surface area contributed by atoms with E-state index in [0.717, 1.165) is 24.5 Å². The van der Waals surface area contributed by atoms with E-state index in [2.05, 4.69) is 17.0 Å². The van der Waals surface area contributed by atoms with Crippen molar-refractivity contribution >= 4 is 29.4 Å². The fourth-order valence-corrected chi connectivity index (χ4v) is 4.12. The molecule has 8 heteroatoms. The van der Waals surface area contributed by atoms with Gasteiger partial charge < -0.3 is 9.64 Å². The minimum atomic E-state index is -0.903. The zero-order chi connectivity index (χ0) is 23.4. The Morgan fingerprint density at radius 3 is 2.09 bits per heavy atom. The third-order valence-corrected chi connectivity index (χ3v) is 5.98. The number of esters is 1. The summed E-state index contributed by atoms with van der Waals surface area (Å²) in [6.45, 7) is 5.11. The second kappa shape index (κ2) is 9.95. The average molecular weight is 450 g/mol. The molecule has 0 bridgehead atoms. The first-order valence-electron chi connectivity index (χ1n) is 11.1. The number of benzene rings is 2. The summed E-state index contributed by atoms with van der Waals surface area (Å²) in [5, 5.41) is 0. The maximum Gasteiger partial charge on any atom is 0.338 e. The Kier molecular flexibility index (Phi) is 6.84. The van der Waals surface area contributed by atoms with Crippen LogP contribution in [0, 0.1) is 0 Å². The molecule has 2 aliphatic heterocycles. The standard InChI is InChI=1S/C25H27N3O5/c1-18(24(31)27-15-13-26(14-16-27)17-19-5-3-2-4-6-19)33-25(32)20-7-9-21(10-8-20)28-22(29)11-12-23(28)30/h2-10,18H,11-17H2,1H3. The highest BCUT2D eigenvalue weighted by molar-refractivity contribution is 6.19. The van der Waals surface area contributed by atoms with Crippen molar-refractivity contribution in [1.29, 1.82) is 0 Å². The molecule has 2 fully saturated rings. The number of nitrogens with zero attached hydrogens (tertiary/aromatic N) is 3. The van der Waals surface area contributed by atoms with Gasteiger partial charge in [0.05, 0.1) is 11.3 Å². The number of amides is 3. The predicted octanol–water partition coefficient (Wildman–Crippen LogP) is 2.23. The van der Waals surface area contributed by atoms with E-state index in [-0.39, 0.29) is 36.1 Å². The van der Waals surface area contributed by atoms with Gasteiger partial charge >= 0.3 is 5.97 Å². The van der Waals surface area contributed by atoms with Gasteiger partial charge in [0.2, 0.25) is 11.8 Å². The van der Waals surface area contributed by atoms with Gasteiger partial charge in [-0.25, -0.2) is 4.79 Å². The second-order valence-corrected chi connectivity index (χ2v) is 8.30. The van der Waals surface area contributed by atoms with E-state index < -0.39 is 12.1 Å². The van der Waals surface area contributed by atoms with E-state index >= 15 is 0 Å². The van der Waals surface area contributed by atoms with Crippen molar-refractivity contribution in [2.24, 2.45) is 0 Å². The number of rotatable bonds is 6. The fourth-order valence-electron chi connectivity index (χ4n) is 4.12. The number of anilines is 1. The summed E-state index contributed by atoms with van der Waals surface area (Å²) in [7, 11) is 0. The van der Waals surface area contributed by atoms with E-state index in [0.29, 0.717) is 18.8 Å². The number of hydrogen-bond acceptors (Lipinski definition) is 6. The summed E-state index contributed by atoms with van der Waals surface area (Å²) < 4.78 is 5.39. The highest BCUT2D eigenvalue weighted by Gasteiger charge is 2.31. The molecule has 33 heavy (non-hydrogen) atoms. The van der Waals surface area contributed by atoms with Crippen LogP contribution in [0.5, 0.6) is 0 Å². The second-order valence-electron chi connectivity index (χ2n) is 8.30. The normalized spacial score (nSPS) is 17.8. The lowest BCUT2D eigenvalue weighted by Crippen LogP contribution is -2.51. The number of carbonyl (C=O) groups excluding carboxylic acids is 4. The topological polar surface area (TPSA) is 87.2 Å². The van der Waals surface area contributed by atoms with Crippen LogP contribution < -0.4 is 4.90 Å². The number of piperazine rings is 1. The molecular formula is C25H27N3O5. The van der Waals surface area contributed by atoms with Crippen LogP contribution in [-0.4, -0.2) is 65.8 Å². The predicted molar refractivity (Wildman–Crippen MR) is 121 cm³/mol. The average Bonchev–Trinajstić information content (AvgIpc) is 3.17. The lowest BCUT2D eigenvalue weighted by Gasteiger charge is -2.35. The van der Waals surface area contributed by atoms with Crippen LogP contribution in [0.4, 0.5) is 5.69 Å². The van der Waals surface area contributed by atoms with Gasteiger partial charge in [0.25, 0.3) is 5.91 Å². The van der Waals surface area contributed by atoms with E-state index in [9.17, 15) is 19.2 Å². The van der Waals surface area contributed by atoms with Crippen molar-refractivity contribution in [3.63, 3.8) is 0 Å². The number of ether oxygens (including phenoxy) is 1. The summed E-state index contributed by atoms with van der Waals surface area (Å²) in [6, 6.07) is 16.3. The quantitative estimate of drug-likeness (QED) is 0.497. The third kappa shape index (κ3) is 5.28. The zero-order valence-electron chi connectivity index (χ0n) is 18.6. The highest BCUT2D eigenvalue weighted by atomic mass is 16.5. The molecule has 0 saturated carbocycles. The first-order chi connectivity index (χ1) is 15.9. The molecule has 2 heterocycles. The first kappa shape index (κ1) is 22.7. The summed E-state index contributed by atoms with van der Waals surface area (Å²) in [6.07, 6.45) is -0.509. The van der Waals surface area contributed by atoms with Crippen molar-refractivity contribution in [1.82, 2.24) is 9.80 Å². The molecule has 2 aromatic rings. The molecule has 0 aliphatic carbocycles. The maximum atomic E-state index is 12.8. The molecule has 4 rings (SSSR count). The molecule has 0 N–H and O–H groups in total. The Bertz CT molecular complexity index is 1010. The molecule has 2 aromatic carbocycles. The molecule has 0 radical (unpaired) electrons. The molecule has 2 saturated heterocycles. The highest BCUT2D eigenvalue weighted by Crippen LogP contribution is 2.23. The lowest BCUT2D eigenvalue weighted by molar-refractivity contribution is -0.141. The number of hydrogen-bond donors (Lipinski definition) is 0. The Morgan fingerprint density at radius 1 is 0.879 bits per heavy atom. The van der Waals surface area contributed by atoms with E-state index in [4.69, 9.17) is 4.74 Å². The largest absolute Gasteiger partial charge is 0.449 e. The number of carbonyl (C=O) groups is 4. The minimum Gasteiger partial charge on any atom is -0.449 e. The smallest absolute Gasteiger partial charge is 0.338 e. The van der Waals surface area contributed by atoms with Gasteiger partial charge in [-0.15, -0.1) is 0 Å². The Morgan fingerprint density at radius 2 is 1.48 bits per heavy atom. The van der Waals surface area contributed by atoms with Gasteiger partial charge in [-0.05, 0) is 36.8 Å². The van der Waals surface area contributed by atoms with Crippen molar-refractivity contribution in [2.45, 2.75) is 32.4 Å². The number of imide groups is 1. The van der Waals surface area contributed by atoms with Crippen LogP contribution in [0.1, 0.15) is 35.7 Å². The van der Waals surface area contributed by atoms with Crippen LogP contribution in [0.3, 0.4) is 0 Å². The molecule has 1 atom stereocenters. The summed E-state index contributed by atoms with van der Waals surface area (Å²) in [4.78, 5) is 54.2. The lowest BCUT2D eigenvalue weighted by atomic mass is 10.2. The molecule has 3 amide bonds. The Hall–Kier alpha value is -3.52. The monoisotopic (exact) mass is 449 g/mol. The van der Waals surface area contributed by atoms with Gasteiger partial charge in [-0.1, -0.05) is 30.3 Å². The maximum absolute atomic E-state index is 12.8. The van der Waals surface area contributed by atoms with Gasteiger partial charge in [0.15, 0.2) is 6.10 Å². The van der Waals surface area contributed by atoms with E-state index in [1.165, 1.54) is 29.8 Å². The van der Waals surface area contributed by atoms with Crippen molar-refractivity contribution < 1.29 is 23.9 Å². The van der Waals surface area contributed by atoms with Gasteiger partial charge in [0, 0.05) is 45.6 Å². The minimum absolute atomic E-state index is 0.197. The van der Waals surface area contributed by atoms with Crippen LogP contribution in [0.2, 0.25) is 0 Å². The zero-order valence-corrected chi connectivity index (χ0v) is 18.6. The van der Waals surface area contributed by atoms with Crippen LogP contribution in [0.25, 0.3) is 0 Å². The molecule has 2 aliphatic rings. The van der Waals surface area contributed by atoms with Crippen LogP contribution in [0.15, 0.2) is 54.6 Å². The van der Waals surface area contributed by atoms with Crippen LogP contribution in [-0.2, 0) is 25.7 Å². The molecule has 8 nitrogen and oxygen atoms in total. The van der Waals surface area contributed by atoms with Crippen LogP contribution >= 0.6 is 0 Å². The fraction of sp³-hybridized carbons (Fsp3) is 0.360. The third-order valence-electron chi connectivity index (χ3n) is 5.98. The summed E-state index contributed by atoms with van der Waals surface area (Å²) in [5.41, 5.74) is 1.92. The SMILES string of the molecule is CC(OC(=O)c1ccc(N2C(=O)CCC2=O)cc1)C(=O)N1CCN(Cc2ccccc2)CC1. The van der Waals surface area contributed by atoms with Gasteiger partial charge in [0.1, 0.15) is 0 Å². The Labute approximate surface area is 192 Å². The van der Waals surface area contributed by atoms with Crippen molar-refractivity contribution in [3.05, 3.63) is 65.7 Å². The van der Waals surface area contributed by atoms with E-state index in [1.54, 1.807) is 11.8 Å². The summed E-state index contributed by atoms with van der Waals surface area (Å²) in [5.74, 6) is -1.34. The van der Waals surface area contributed by atoms with E-state index in [1.807, 2.05) is 18.2 Å². The van der Waals surface area contributed by atoms with Crippen molar-refractivity contribution in [3.8, 4) is 0 Å². The Balaban J connectivity index is 1.27. The molecular weight excluding hydrogens is 422 g/mol. The molecule has 0 aromatic heterocycles. The summed E-state index contributed by atoms with van der Waals surface area (Å²) >= 11 is 0. The first-order valence-corrected chi connectivity index (χ1v) is 11.1. The molecule has 1 unspecified atom stereocenters.